The molecule has 3 rings (SSSR count). The van der Waals surface area contributed by atoms with Gasteiger partial charge in [-0.15, -0.1) is 0 Å². The summed E-state index contributed by atoms with van der Waals surface area (Å²) in [7, 11) is 0. The van der Waals surface area contributed by atoms with Crippen LogP contribution in [0.15, 0.2) is 24.3 Å². The maximum atomic E-state index is 13.6. The molecule has 0 aromatic heterocycles. The normalized spacial score (nSPS) is 27.7. The molecule has 0 saturated carbocycles. The highest BCUT2D eigenvalue weighted by atomic mass is 19.1. The fraction of sp³-hybridized carbons (Fsp3) is 0.500. The summed E-state index contributed by atoms with van der Waals surface area (Å²) < 4.78 is 13.6. The number of primary amides is 1. The number of fused-ring (bicyclic) bond motifs is 2. The number of carbonyl (C=O) groups is 2. The lowest BCUT2D eigenvalue weighted by molar-refractivity contribution is -0.117. The third-order valence-electron chi connectivity index (χ3n) is 4.49. The van der Waals surface area contributed by atoms with Crippen molar-refractivity contribution in [2.45, 2.75) is 50.4 Å². The number of hydrogen-bond acceptors (Lipinski definition) is 2. The minimum absolute atomic E-state index is 0.0278. The number of nitrogens with two attached hydrogens (primary N) is 1. The van der Waals surface area contributed by atoms with E-state index < -0.39 is 12.1 Å². The first-order valence-corrected chi connectivity index (χ1v) is 7.38. The van der Waals surface area contributed by atoms with Crippen LogP contribution >= 0.6 is 0 Å². The van der Waals surface area contributed by atoms with Crippen molar-refractivity contribution in [3.63, 3.8) is 0 Å². The molecule has 2 heterocycles. The molecule has 2 atom stereocenters. The van der Waals surface area contributed by atoms with Gasteiger partial charge >= 0.3 is 0 Å². The molecule has 5 heteroatoms. The smallest absolute Gasteiger partial charge is 0.254 e. The number of halogens is 1. The van der Waals surface area contributed by atoms with E-state index in [9.17, 15) is 14.0 Å². The molecular weight excluding hydrogens is 271 g/mol. The van der Waals surface area contributed by atoms with E-state index in [0.717, 1.165) is 18.4 Å². The van der Waals surface area contributed by atoms with Crippen LogP contribution in [-0.4, -0.2) is 35.0 Å². The zero-order valence-electron chi connectivity index (χ0n) is 11.8. The number of rotatable bonds is 3. The molecule has 0 spiro atoms. The standard InChI is InChI=1S/C16H19FN2O2/c17-12-8-13-5-6-14(9-12)19(13)16(21)11-3-1-10(2-4-11)7-15(18)20/h1-4,12-14H,5-9H2,(H2,18,20). The minimum atomic E-state index is -0.774. The van der Waals surface area contributed by atoms with Crippen molar-refractivity contribution >= 4 is 11.8 Å². The zero-order chi connectivity index (χ0) is 15.0. The van der Waals surface area contributed by atoms with Crippen molar-refractivity contribution in [2.75, 3.05) is 0 Å². The van der Waals surface area contributed by atoms with Crippen LogP contribution in [0.4, 0.5) is 4.39 Å². The molecule has 2 amide bonds. The fourth-order valence-electron chi connectivity index (χ4n) is 3.56. The van der Waals surface area contributed by atoms with Gasteiger partial charge in [-0.1, -0.05) is 12.1 Å². The molecule has 0 radical (unpaired) electrons. The van der Waals surface area contributed by atoms with Gasteiger partial charge in [0, 0.05) is 17.6 Å². The third-order valence-corrected chi connectivity index (χ3v) is 4.49. The predicted octanol–water partition coefficient (Wildman–Crippen LogP) is 1.82. The van der Waals surface area contributed by atoms with E-state index in [1.807, 2.05) is 4.90 Å². The monoisotopic (exact) mass is 290 g/mol. The second-order valence-electron chi connectivity index (χ2n) is 6.01. The molecule has 2 unspecified atom stereocenters. The van der Waals surface area contributed by atoms with Gasteiger partial charge in [0.05, 0.1) is 6.42 Å². The van der Waals surface area contributed by atoms with Gasteiger partial charge in [0.25, 0.3) is 5.91 Å². The van der Waals surface area contributed by atoms with E-state index in [0.29, 0.717) is 18.4 Å². The summed E-state index contributed by atoms with van der Waals surface area (Å²) in [6.07, 6.45) is 2.12. The summed E-state index contributed by atoms with van der Waals surface area (Å²) in [6.45, 7) is 0. The van der Waals surface area contributed by atoms with Crippen LogP contribution in [0.25, 0.3) is 0 Å². The lowest BCUT2D eigenvalue weighted by Gasteiger charge is -2.36. The Hall–Kier alpha value is -1.91. The summed E-state index contributed by atoms with van der Waals surface area (Å²) in [5.74, 6) is -0.419. The van der Waals surface area contributed by atoms with Crippen LogP contribution in [0, 0.1) is 0 Å². The molecule has 0 aliphatic carbocycles. The van der Waals surface area contributed by atoms with Gasteiger partial charge in [0.15, 0.2) is 0 Å². The van der Waals surface area contributed by atoms with Crippen LogP contribution < -0.4 is 5.73 Å². The largest absolute Gasteiger partial charge is 0.369 e. The highest BCUT2D eigenvalue weighted by Crippen LogP contribution is 2.37. The Kier molecular flexibility index (Phi) is 3.66. The molecule has 112 valence electrons. The number of piperidine rings is 1. The zero-order valence-corrected chi connectivity index (χ0v) is 11.8. The number of alkyl halides is 1. The van der Waals surface area contributed by atoms with Crippen LogP contribution in [0.3, 0.4) is 0 Å². The summed E-state index contributed by atoms with van der Waals surface area (Å²) in [5.41, 5.74) is 6.54. The first-order chi connectivity index (χ1) is 10.0. The van der Waals surface area contributed by atoms with Crippen LogP contribution in [0.2, 0.25) is 0 Å². The van der Waals surface area contributed by atoms with E-state index >= 15 is 0 Å². The molecular formula is C16H19FN2O2. The molecule has 1 aromatic carbocycles. The molecule has 2 aliphatic heterocycles. The molecule has 1 aromatic rings. The molecule has 2 bridgehead atoms. The quantitative estimate of drug-likeness (QED) is 0.923. The lowest BCUT2D eigenvalue weighted by atomic mass is 9.99. The van der Waals surface area contributed by atoms with Gasteiger partial charge in [-0.3, -0.25) is 9.59 Å². The van der Waals surface area contributed by atoms with E-state index in [1.54, 1.807) is 24.3 Å². The van der Waals surface area contributed by atoms with Crippen molar-refractivity contribution in [3.05, 3.63) is 35.4 Å². The number of amides is 2. The van der Waals surface area contributed by atoms with E-state index in [2.05, 4.69) is 0 Å². The summed E-state index contributed by atoms with van der Waals surface area (Å²) in [5, 5.41) is 0. The predicted molar refractivity (Wildman–Crippen MR) is 76.4 cm³/mol. The van der Waals surface area contributed by atoms with Gasteiger partial charge < -0.3 is 10.6 Å². The van der Waals surface area contributed by atoms with Gasteiger partial charge in [0.1, 0.15) is 6.17 Å². The van der Waals surface area contributed by atoms with E-state index in [-0.39, 0.29) is 24.4 Å². The maximum absolute atomic E-state index is 13.6. The van der Waals surface area contributed by atoms with Crippen molar-refractivity contribution in [1.29, 1.82) is 0 Å². The van der Waals surface area contributed by atoms with Crippen LogP contribution in [-0.2, 0) is 11.2 Å². The molecule has 2 N–H and O–H groups in total. The summed E-state index contributed by atoms with van der Waals surface area (Å²) in [6, 6.07) is 7.03. The molecule has 21 heavy (non-hydrogen) atoms. The highest BCUT2D eigenvalue weighted by molar-refractivity contribution is 5.95. The van der Waals surface area contributed by atoms with Gasteiger partial charge in [-0.05, 0) is 43.4 Å². The van der Waals surface area contributed by atoms with E-state index in [1.165, 1.54) is 0 Å². The van der Waals surface area contributed by atoms with Gasteiger partial charge in [0.2, 0.25) is 5.91 Å². The minimum Gasteiger partial charge on any atom is -0.369 e. The number of benzene rings is 1. The Bertz CT molecular complexity index is 544. The molecule has 2 fully saturated rings. The molecule has 2 saturated heterocycles. The molecule has 4 nitrogen and oxygen atoms in total. The van der Waals surface area contributed by atoms with Gasteiger partial charge in [-0.2, -0.15) is 0 Å². The number of carbonyl (C=O) groups excluding carboxylic acids is 2. The average molecular weight is 290 g/mol. The first kappa shape index (κ1) is 14.0. The summed E-state index contributed by atoms with van der Waals surface area (Å²) in [4.78, 5) is 25.3. The Morgan fingerprint density at radius 1 is 1.14 bits per heavy atom. The second kappa shape index (κ2) is 5.47. The SMILES string of the molecule is NC(=O)Cc1ccc(C(=O)N2C3CCC2CC(F)C3)cc1. The topological polar surface area (TPSA) is 63.4 Å². The van der Waals surface area contributed by atoms with Gasteiger partial charge in [-0.25, -0.2) is 4.39 Å². The number of nitrogens with zero attached hydrogens (tertiary/aromatic N) is 1. The molecule has 2 aliphatic rings. The van der Waals surface area contributed by atoms with Crippen molar-refractivity contribution in [3.8, 4) is 0 Å². The second-order valence-corrected chi connectivity index (χ2v) is 6.01. The highest BCUT2D eigenvalue weighted by Gasteiger charge is 2.43. The van der Waals surface area contributed by atoms with Crippen LogP contribution in [0.1, 0.15) is 41.6 Å². The Labute approximate surface area is 123 Å². The third kappa shape index (κ3) is 2.77. The first-order valence-electron chi connectivity index (χ1n) is 7.38. The fourth-order valence-corrected chi connectivity index (χ4v) is 3.56. The summed E-state index contributed by atoms with van der Waals surface area (Å²) >= 11 is 0. The Morgan fingerprint density at radius 3 is 2.24 bits per heavy atom. The Balaban J connectivity index is 1.75. The van der Waals surface area contributed by atoms with Crippen molar-refractivity contribution in [2.24, 2.45) is 5.73 Å². The maximum Gasteiger partial charge on any atom is 0.254 e. The Morgan fingerprint density at radius 2 is 1.71 bits per heavy atom. The van der Waals surface area contributed by atoms with Crippen molar-refractivity contribution < 1.29 is 14.0 Å². The lowest BCUT2D eigenvalue weighted by Crippen LogP contribution is -2.47. The van der Waals surface area contributed by atoms with E-state index in [4.69, 9.17) is 5.73 Å². The van der Waals surface area contributed by atoms with Crippen LogP contribution in [0.5, 0.6) is 0 Å². The van der Waals surface area contributed by atoms with Crippen molar-refractivity contribution in [1.82, 2.24) is 4.90 Å². The average Bonchev–Trinajstić information content (AvgIpc) is 2.70. The number of hydrogen-bond donors (Lipinski definition) is 1.